The lowest BCUT2D eigenvalue weighted by atomic mass is 10.0. The molecule has 0 aliphatic carbocycles. The molecule has 9 heteroatoms. The van der Waals surface area contributed by atoms with Gasteiger partial charge in [0.15, 0.2) is 0 Å². The number of carboxylic acids is 1. The van der Waals surface area contributed by atoms with Crippen LogP contribution in [0.15, 0.2) is 24.3 Å². The van der Waals surface area contributed by atoms with Gasteiger partial charge in [-0.25, -0.2) is 9.59 Å². The molecule has 2 rings (SSSR count). The average molecular weight is 362 g/mol. The molecule has 1 atom stereocenters. The third-order valence-electron chi connectivity index (χ3n) is 3.76. The number of hydrogen-bond donors (Lipinski definition) is 4. The second kappa shape index (κ2) is 8.32. The molecule has 0 saturated heterocycles. The van der Waals surface area contributed by atoms with Gasteiger partial charge >= 0.3 is 12.0 Å². The molecule has 1 aliphatic heterocycles. The van der Waals surface area contributed by atoms with Crippen LogP contribution in [0.4, 0.5) is 16.2 Å². The molecular weight excluding hydrogens is 340 g/mol. The maximum Gasteiger partial charge on any atom is 0.326 e. The second-order valence-electron chi connectivity index (χ2n) is 6.40. The molecule has 1 aromatic rings. The molecule has 0 aromatic heterocycles. The fourth-order valence-corrected chi connectivity index (χ4v) is 2.60. The van der Waals surface area contributed by atoms with Gasteiger partial charge in [0.25, 0.3) is 0 Å². The molecule has 0 bridgehead atoms. The van der Waals surface area contributed by atoms with Crippen molar-refractivity contribution in [3.63, 3.8) is 0 Å². The number of amides is 4. The molecule has 0 spiro atoms. The molecule has 0 fully saturated rings. The number of aliphatic carboxylic acids is 1. The minimum atomic E-state index is -1.12. The number of carboxylic acid groups (broad SMARTS) is 1. The Bertz CT molecular complexity index is 719. The summed E-state index contributed by atoms with van der Waals surface area (Å²) in [6.45, 7) is 3.14. The summed E-state index contributed by atoms with van der Waals surface area (Å²) < 4.78 is 0. The van der Waals surface area contributed by atoms with Crippen molar-refractivity contribution < 1.29 is 24.3 Å². The van der Waals surface area contributed by atoms with Gasteiger partial charge in [-0.05, 0) is 24.5 Å². The smallest absolute Gasteiger partial charge is 0.326 e. The van der Waals surface area contributed by atoms with Gasteiger partial charge in [-0.1, -0.05) is 26.0 Å². The van der Waals surface area contributed by atoms with Gasteiger partial charge in [0.05, 0.1) is 17.9 Å². The summed E-state index contributed by atoms with van der Waals surface area (Å²) in [7, 11) is 0. The van der Waals surface area contributed by atoms with E-state index in [0.29, 0.717) is 11.4 Å². The number of carbonyl (C=O) groups is 4. The summed E-state index contributed by atoms with van der Waals surface area (Å²) in [5, 5.41) is 16.6. The zero-order chi connectivity index (χ0) is 19.3. The topological polar surface area (TPSA) is 128 Å². The highest BCUT2D eigenvalue weighted by atomic mass is 16.4. The summed E-state index contributed by atoms with van der Waals surface area (Å²) >= 11 is 0. The van der Waals surface area contributed by atoms with Crippen LogP contribution in [0.3, 0.4) is 0 Å². The molecule has 1 aromatic carbocycles. The SMILES string of the molecule is CC(C)CC(NC(=O)CNC(=O)N1CC(=O)Nc2ccccc21)C(=O)O. The van der Waals surface area contributed by atoms with Crippen LogP contribution in [-0.2, 0) is 14.4 Å². The fraction of sp³-hybridized carbons (Fsp3) is 0.412. The highest BCUT2D eigenvalue weighted by Gasteiger charge is 2.27. The second-order valence-corrected chi connectivity index (χ2v) is 6.40. The van der Waals surface area contributed by atoms with Crippen molar-refractivity contribution >= 4 is 35.2 Å². The third-order valence-corrected chi connectivity index (χ3v) is 3.76. The number of hydrogen-bond acceptors (Lipinski definition) is 4. The Morgan fingerprint density at radius 3 is 2.62 bits per heavy atom. The van der Waals surface area contributed by atoms with Gasteiger partial charge in [0, 0.05) is 0 Å². The van der Waals surface area contributed by atoms with E-state index in [4.69, 9.17) is 5.11 Å². The quantitative estimate of drug-likeness (QED) is 0.594. The largest absolute Gasteiger partial charge is 0.480 e. The lowest BCUT2D eigenvalue weighted by molar-refractivity contribution is -0.142. The van der Waals surface area contributed by atoms with E-state index in [1.807, 2.05) is 13.8 Å². The summed E-state index contributed by atoms with van der Waals surface area (Å²) in [6.07, 6.45) is 0.286. The Labute approximate surface area is 150 Å². The third kappa shape index (κ3) is 4.95. The molecule has 4 N–H and O–H groups in total. The normalized spacial score (nSPS) is 14.3. The monoisotopic (exact) mass is 362 g/mol. The number of carbonyl (C=O) groups excluding carboxylic acids is 3. The van der Waals surface area contributed by atoms with Crippen molar-refractivity contribution in [1.82, 2.24) is 10.6 Å². The first-order valence-corrected chi connectivity index (χ1v) is 8.24. The van der Waals surface area contributed by atoms with Crippen LogP contribution in [0.2, 0.25) is 0 Å². The molecule has 140 valence electrons. The first-order valence-electron chi connectivity index (χ1n) is 8.24. The van der Waals surface area contributed by atoms with Crippen molar-refractivity contribution in [2.75, 3.05) is 23.3 Å². The number of fused-ring (bicyclic) bond motifs is 1. The lowest BCUT2D eigenvalue weighted by Gasteiger charge is -2.29. The van der Waals surface area contributed by atoms with Crippen LogP contribution in [0.25, 0.3) is 0 Å². The molecule has 1 unspecified atom stereocenters. The van der Waals surface area contributed by atoms with E-state index in [-0.39, 0.29) is 31.3 Å². The number of benzene rings is 1. The van der Waals surface area contributed by atoms with Crippen LogP contribution < -0.4 is 20.9 Å². The van der Waals surface area contributed by atoms with E-state index >= 15 is 0 Å². The number of urea groups is 1. The van der Waals surface area contributed by atoms with Crippen LogP contribution in [0.1, 0.15) is 20.3 Å². The number of rotatable bonds is 6. The highest BCUT2D eigenvalue weighted by molar-refractivity contribution is 6.09. The number of nitrogens with one attached hydrogen (secondary N) is 3. The summed E-state index contributed by atoms with van der Waals surface area (Å²) in [4.78, 5) is 48.4. The Morgan fingerprint density at radius 2 is 1.96 bits per heavy atom. The average Bonchev–Trinajstić information content (AvgIpc) is 2.57. The van der Waals surface area contributed by atoms with Crippen molar-refractivity contribution in [2.24, 2.45) is 5.92 Å². The Hall–Kier alpha value is -3.10. The first-order chi connectivity index (χ1) is 12.3. The number of para-hydroxylation sites is 2. The van der Waals surface area contributed by atoms with Crippen molar-refractivity contribution in [1.29, 1.82) is 0 Å². The summed E-state index contributed by atoms with van der Waals surface area (Å²) in [5.74, 6) is -1.98. The highest BCUT2D eigenvalue weighted by Crippen LogP contribution is 2.28. The standard InChI is InChI=1S/C17H22N4O5/c1-10(2)7-12(16(24)25)20-14(22)8-18-17(26)21-9-15(23)19-11-5-3-4-6-13(11)21/h3-6,10,12H,7-9H2,1-2H3,(H,18,26)(H,19,23)(H,20,22)(H,24,25). The van der Waals surface area contributed by atoms with E-state index in [2.05, 4.69) is 16.0 Å². The van der Waals surface area contributed by atoms with Crippen molar-refractivity contribution in [3.8, 4) is 0 Å². The predicted molar refractivity (Wildman–Crippen MR) is 94.8 cm³/mol. The first kappa shape index (κ1) is 19.2. The van der Waals surface area contributed by atoms with E-state index < -0.39 is 23.9 Å². The van der Waals surface area contributed by atoms with E-state index in [9.17, 15) is 19.2 Å². The number of anilines is 2. The van der Waals surface area contributed by atoms with Crippen LogP contribution in [0.5, 0.6) is 0 Å². The summed E-state index contributed by atoms with van der Waals surface area (Å²) in [6, 6.07) is 5.18. The Kier molecular flexibility index (Phi) is 6.16. The molecule has 4 amide bonds. The number of nitrogens with zero attached hydrogens (tertiary/aromatic N) is 1. The van der Waals surface area contributed by atoms with Gasteiger partial charge < -0.3 is 21.1 Å². The molecule has 0 saturated carbocycles. The zero-order valence-corrected chi connectivity index (χ0v) is 14.6. The van der Waals surface area contributed by atoms with Crippen molar-refractivity contribution in [3.05, 3.63) is 24.3 Å². The Morgan fingerprint density at radius 1 is 1.27 bits per heavy atom. The maximum atomic E-state index is 12.3. The van der Waals surface area contributed by atoms with E-state index in [0.717, 1.165) is 0 Å². The van der Waals surface area contributed by atoms with Gasteiger partial charge in [0.1, 0.15) is 12.6 Å². The van der Waals surface area contributed by atoms with Gasteiger partial charge in [-0.3, -0.25) is 14.5 Å². The van der Waals surface area contributed by atoms with E-state index in [1.54, 1.807) is 24.3 Å². The molecule has 1 heterocycles. The van der Waals surface area contributed by atoms with Crippen LogP contribution >= 0.6 is 0 Å². The lowest BCUT2D eigenvalue weighted by Crippen LogP contribution is -2.51. The van der Waals surface area contributed by atoms with Gasteiger partial charge in [0.2, 0.25) is 11.8 Å². The molecule has 9 nitrogen and oxygen atoms in total. The molecule has 26 heavy (non-hydrogen) atoms. The predicted octanol–water partition coefficient (Wildman–Crippen LogP) is 0.770. The minimum Gasteiger partial charge on any atom is -0.480 e. The fourth-order valence-electron chi connectivity index (χ4n) is 2.60. The zero-order valence-electron chi connectivity index (χ0n) is 14.6. The van der Waals surface area contributed by atoms with Crippen molar-refractivity contribution in [2.45, 2.75) is 26.3 Å². The van der Waals surface area contributed by atoms with Crippen LogP contribution in [-0.4, -0.2) is 48.1 Å². The molecule has 0 radical (unpaired) electrons. The summed E-state index contributed by atoms with van der Waals surface area (Å²) in [5.41, 5.74) is 1.03. The minimum absolute atomic E-state index is 0.0920. The van der Waals surface area contributed by atoms with Gasteiger partial charge in [-0.2, -0.15) is 0 Å². The maximum absolute atomic E-state index is 12.3. The van der Waals surface area contributed by atoms with Gasteiger partial charge in [-0.15, -0.1) is 0 Å². The molecular formula is C17H22N4O5. The molecule has 1 aliphatic rings. The van der Waals surface area contributed by atoms with E-state index in [1.165, 1.54) is 4.90 Å². The van der Waals surface area contributed by atoms with Crippen LogP contribution in [0, 0.1) is 5.92 Å². The Balaban J connectivity index is 1.95.